The Morgan fingerprint density at radius 3 is 2.49 bits per heavy atom. The van der Waals surface area contributed by atoms with Gasteiger partial charge in [0.05, 0.1) is 29.2 Å². The molecule has 3 aromatic heterocycles. The monoisotopic (exact) mass is 595 g/mol. The number of piperidine rings is 1. The first-order valence-corrected chi connectivity index (χ1v) is 13.4. The number of carbonyl (C=O) groups is 2. The summed E-state index contributed by atoms with van der Waals surface area (Å²) in [5.74, 6) is 1.01. The second kappa shape index (κ2) is 10.7. The molecule has 1 aliphatic heterocycles. The fourth-order valence-electron chi connectivity index (χ4n) is 4.49. The van der Waals surface area contributed by atoms with Gasteiger partial charge in [-0.1, -0.05) is 0 Å². The number of benzene rings is 1. The lowest BCUT2D eigenvalue weighted by Crippen LogP contribution is -2.41. The van der Waals surface area contributed by atoms with E-state index in [-0.39, 0.29) is 17.9 Å². The van der Waals surface area contributed by atoms with Crippen molar-refractivity contribution in [2.75, 3.05) is 25.5 Å². The molecule has 1 aliphatic rings. The molecule has 0 radical (unpaired) electrons. The third-order valence-electron chi connectivity index (χ3n) is 6.42. The molecule has 11 nitrogen and oxygen atoms in total. The summed E-state index contributed by atoms with van der Waals surface area (Å²) in [7, 11) is 1.61. The molecule has 1 saturated heterocycles. The highest BCUT2D eigenvalue weighted by molar-refractivity contribution is 9.10. The second-order valence-corrected chi connectivity index (χ2v) is 11.3. The van der Waals surface area contributed by atoms with E-state index in [0.29, 0.717) is 30.1 Å². The van der Waals surface area contributed by atoms with Crippen LogP contribution in [-0.4, -0.2) is 67.1 Å². The van der Waals surface area contributed by atoms with Crippen LogP contribution in [0, 0.1) is 0 Å². The summed E-state index contributed by atoms with van der Waals surface area (Å²) in [6.45, 7) is 6.73. The van der Waals surface area contributed by atoms with Gasteiger partial charge >= 0.3 is 6.09 Å². The number of fused-ring (bicyclic) bond motifs is 1. The third kappa shape index (κ3) is 5.90. The Labute approximate surface area is 234 Å². The maximum absolute atomic E-state index is 13.3. The van der Waals surface area contributed by atoms with Gasteiger partial charge in [0.25, 0.3) is 5.91 Å². The van der Waals surface area contributed by atoms with Gasteiger partial charge < -0.3 is 19.7 Å². The van der Waals surface area contributed by atoms with E-state index in [1.54, 1.807) is 33.6 Å². The topological polar surface area (TPSA) is 116 Å². The number of carbonyl (C=O) groups excluding carboxylic acids is 2. The zero-order valence-corrected chi connectivity index (χ0v) is 23.8. The number of rotatable bonds is 5. The van der Waals surface area contributed by atoms with Crippen molar-refractivity contribution >= 4 is 39.4 Å². The molecule has 4 aromatic rings. The maximum atomic E-state index is 13.3. The van der Waals surface area contributed by atoms with Gasteiger partial charge in [0.1, 0.15) is 22.7 Å². The smallest absolute Gasteiger partial charge is 0.410 e. The number of hydrogen-bond acceptors (Lipinski definition) is 7. The summed E-state index contributed by atoms with van der Waals surface area (Å²) in [6, 6.07) is 9.34. The number of aromatic nitrogens is 5. The van der Waals surface area contributed by atoms with Crippen molar-refractivity contribution in [1.82, 2.24) is 29.3 Å². The standard InChI is InChI=1S/C27H30BrN7O4/c1-27(2,3)39-26(37)33-11-9-17(10-12-33)22-13-23(35(32-22)19-5-7-20(38-4)8-6-19)31-25(36)21-15-30-34-16-18(28)14-29-24(21)34/h5-8,13-17H,9-12H2,1-4H3,(H,31,36). The number of nitrogens with zero attached hydrogens (tertiary/aromatic N) is 6. The summed E-state index contributed by atoms with van der Waals surface area (Å²) in [4.78, 5) is 31.9. The molecular formula is C27H30BrN7O4. The number of likely N-dealkylation sites (tertiary alicyclic amines) is 1. The predicted molar refractivity (Wildman–Crippen MR) is 149 cm³/mol. The second-order valence-electron chi connectivity index (χ2n) is 10.4. The molecule has 0 unspecified atom stereocenters. The molecule has 2 amide bonds. The minimum atomic E-state index is -0.536. The average molecular weight is 596 g/mol. The van der Waals surface area contributed by atoms with Crippen LogP contribution in [0.25, 0.3) is 11.3 Å². The molecule has 0 aliphatic carbocycles. The van der Waals surface area contributed by atoms with E-state index in [1.807, 2.05) is 51.1 Å². The molecule has 0 atom stereocenters. The first-order chi connectivity index (χ1) is 18.6. The van der Waals surface area contributed by atoms with E-state index in [9.17, 15) is 9.59 Å². The zero-order chi connectivity index (χ0) is 27.7. The molecule has 204 valence electrons. The third-order valence-corrected chi connectivity index (χ3v) is 6.83. The van der Waals surface area contributed by atoms with Gasteiger partial charge in [0, 0.05) is 37.5 Å². The lowest BCUT2D eigenvalue weighted by atomic mass is 9.94. The Balaban J connectivity index is 1.40. The molecule has 1 aromatic carbocycles. The molecule has 1 fully saturated rings. The largest absolute Gasteiger partial charge is 0.497 e. The zero-order valence-electron chi connectivity index (χ0n) is 22.2. The van der Waals surface area contributed by atoms with Crippen molar-refractivity contribution in [2.24, 2.45) is 0 Å². The van der Waals surface area contributed by atoms with E-state index < -0.39 is 5.60 Å². The SMILES string of the molecule is COc1ccc(-n2nc(C3CCN(C(=O)OC(C)(C)C)CC3)cc2NC(=O)c2cnn3cc(Br)cnc23)cc1. The van der Waals surface area contributed by atoms with Crippen molar-refractivity contribution in [1.29, 1.82) is 0 Å². The van der Waals surface area contributed by atoms with E-state index in [1.165, 1.54) is 6.20 Å². The number of nitrogens with one attached hydrogen (secondary N) is 1. The van der Waals surface area contributed by atoms with Crippen LogP contribution in [0.4, 0.5) is 10.6 Å². The number of amides is 2. The number of anilines is 1. The molecule has 4 heterocycles. The Hall–Kier alpha value is -3.93. The number of methoxy groups -OCH3 is 1. The van der Waals surface area contributed by atoms with Gasteiger partial charge in [-0.05, 0) is 73.8 Å². The molecule has 5 rings (SSSR count). The summed E-state index contributed by atoms with van der Waals surface area (Å²) in [5, 5.41) is 12.1. The van der Waals surface area contributed by atoms with Gasteiger partial charge in [-0.15, -0.1) is 0 Å². The molecule has 39 heavy (non-hydrogen) atoms. The molecule has 1 N–H and O–H groups in total. The Kier molecular flexibility index (Phi) is 7.30. The first kappa shape index (κ1) is 26.7. The van der Waals surface area contributed by atoms with Gasteiger partial charge in [-0.2, -0.15) is 10.2 Å². The van der Waals surface area contributed by atoms with Crippen LogP contribution in [0.15, 0.2) is 53.4 Å². The van der Waals surface area contributed by atoms with Crippen LogP contribution in [0.1, 0.15) is 55.6 Å². The van der Waals surface area contributed by atoms with Crippen molar-refractivity contribution in [3.8, 4) is 11.4 Å². The molecule has 0 spiro atoms. The molecule has 0 saturated carbocycles. The van der Waals surface area contributed by atoms with Crippen LogP contribution >= 0.6 is 15.9 Å². The fraction of sp³-hybridized carbons (Fsp3) is 0.370. The fourth-order valence-corrected chi connectivity index (χ4v) is 4.78. The van der Waals surface area contributed by atoms with Gasteiger partial charge in [-0.25, -0.2) is 19.0 Å². The van der Waals surface area contributed by atoms with Crippen LogP contribution in [0.3, 0.4) is 0 Å². The normalized spacial score (nSPS) is 14.4. The summed E-state index contributed by atoms with van der Waals surface area (Å²) in [6.07, 6.45) is 6.02. The quantitative estimate of drug-likeness (QED) is 0.343. The van der Waals surface area contributed by atoms with Crippen LogP contribution < -0.4 is 10.1 Å². The molecular weight excluding hydrogens is 566 g/mol. The van der Waals surface area contributed by atoms with Gasteiger partial charge in [-0.3, -0.25) is 4.79 Å². The van der Waals surface area contributed by atoms with Crippen LogP contribution in [0.5, 0.6) is 5.75 Å². The Morgan fingerprint density at radius 2 is 1.82 bits per heavy atom. The van der Waals surface area contributed by atoms with Crippen molar-refractivity contribution in [2.45, 2.75) is 45.1 Å². The lowest BCUT2D eigenvalue weighted by Gasteiger charge is -2.32. The number of halogens is 1. The average Bonchev–Trinajstić information content (AvgIpc) is 3.52. The lowest BCUT2D eigenvalue weighted by molar-refractivity contribution is 0.0204. The highest BCUT2D eigenvalue weighted by atomic mass is 79.9. The summed E-state index contributed by atoms with van der Waals surface area (Å²) >= 11 is 3.37. The number of hydrogen-bond donors (Lipinski definition) is 1. The van der Waals surface area contributed by atoms with E-state index >= 15 is 0 Å². The minimum absolute atomic E-state index is 0.120. The Morgan fingerprint density at radius 1 is 1.10 bits per heavy atom. The van der Waals surface area contributed by atoms with Gasteiger partial charge in [0.15, 0.2) is 5.65 Å². The Bertz CT molecular complexity index is 1500. The maximum Gasteiger partial charge on any atom is 0.410 e. The minimum Gasteiger partial charge on any atom is -0.497 e. The first-order valence-electron chi connectivity index (χ1n) is 12.6. The predicted octanol–water partition coefficient (Wildman–Crippen LogP) is 5.05. The summed E-state index contributed by atoms with van der Waals surface area (Å²) in [5.41, 5.74) is 1.86. The highest BCUT2D eigenvalue weighted by Crippen LogP contribution is 2.31. The van der Waals surface area contributed by atoms with Crippen LogP contribution in [0.2, 0.25) is 0 Å². The van der Waals surface area contributed by atoms with Crippen LogP contribution in [-0.2, 0) is 4.74 Å². The number of ether oxygens (including phenoxy) is 2. The van der Waals surface area contributed by atoms with Crippen molar-refractivity contribution in [3.63, 3.8) is 0 Å². The molecule has 0 bridgehead atoms. The molecule has 12 heteroatoms. The summed E-state index contributed by atoms with van der Waals surface area (Å²) < 4.78 is 14.8. The highest BCUT2D eigenvalue weighted by Gasteiger charge is 2.29. The van der Waals surface area contributed by atoms with E-state index in [0.717, 1.165) is 34.4 Å². The van der Waals surface area contributed by atoms with E-state index in [4.69, 9.17) is 14.6 Å². The van der Waals surface area contributed by atoms with Gasteiger partial charge in [0.2, 0.25) is 0 Å². The van der Waals surface area contributed by atoms with Crippen molar-refractivity contribution in [3.05, 3.63) is 64.7 Å². The van der Waals surface area contributed by atoms with Crippen molar-refractivity contribution < 1.29 is 19.1 Å². The van der Waals surface area contributed by atoms with E-state index in [2.05, 4.69) is 31.3 Å².